The number of rotatable bonds is 5. The van der Waals surface area contributed by atoms with E-state index in [1.54, 1.807) is 25.1 Å². The first-order chi connectivity index (χ1) is 12.5. The van der Waals surface area contributed by atoms with E-state index < -0.39 is 5.91 Å². The number of anilines is 1. The second-order valence-electron chi connectivity index (χ2n) is 5.59. The van der Waals surface area contributed by atoms with E-state index in [1.807, 2.05) is 30.3 Å². The molecular formula is C19H16ClN3O3. The minimum absolute atomic E-state index is 0.107. The third kappa shape index (κ3) is 4.10. The summed E-state index contributed by atoms with van der Waals surface area (Å²) in [6, 6.07) is 16.1. The fraction of sp³-hybridized carbons (Fsp3) is 0.105. The minimum Gasteiger partial charge on any atom is -0.355 e. The summed E-state index contributed by atoms with van der Waals surface area (Å²) in [5.74, 6) is -0.376. The summed E-state index contributed by atoms with van der Waals surface area (Å²) in [7, 11) is 0. The van der Waals surface area contributed by atoms with Crippen LogP contribution in [0.2, 0.25) is 5.02 Å². The maximum Gasteiger partial charge on any atom is 0.273 e. The average molecular weight is 370 g/mol. The number of halogens is 1. The van der Waals surface area contributed by atoms with Crippen molar-refractivity contribution in [1.82, 2.24) is 10.5 Å². The SMILES string of the molecule is Cc1c(Cl)cccc1NC(=O)CNC(=O)c1cc(-c2ccccc2)on1. The minimum atomic E-state index is -0.492. The van der Waals surface area contributed by atoms with Gasteiger partial charge in [-0.15, -0.1) is 0 Å². The van der Waals surface area contributed by atoms with E-state index in [2.05, 4.69) is 15.8 Å². The molecule has 0 bridgehead atoms. The molecule has 0 unspecified atom stereocenters. The molecule has 132 valence electrons. The van der Waals surface area contributed by atoms with E-state index in [9.17, 15) is 9.59 Å². The van der Waals surface area contributed by atoms with Gasteiger partial charge in [-0.25, -0.2) is 0 Å². The summed E-state index contributed by atoms with van der Waals surface area (Å²) in [5.41, 5.74) is 2.28. The third-order valence-corrected chi connectivity index (χ3v) is 4.16. The molecule has 0 saturated carbocycles. The van der Waals surface area contributed by atoms with E-state index in [0.717, 1.165) is 11.1 Å². The Kier molecular flexibility index (Phi) is 5.34. The van der Waals surface area contributed by atoms with E-state index >= 15 is 0 Å². The van der Waals surface area contributed by atoms with Crippen LogP contribution in [0.4, 0.5) is 5.69 Å². The van der Waals surface area contributed by atoms with Crippen molar-refractivity contribution < 1.29 is 14.1 Å². The molecule has 0 radical (unpaired) electrons. The van der Waals surface area contributed by atoms with Crippen LogP contribution in [0.25, 0.3) is 11.3 Å². The molecule has 0 saturated heterocycles. The van der Waals surface area contributed by atoms with Crippen LogP contribution in [0.1, 0.15) is 16.1 Å². The molecule has 6 nitrogen and oxygen atoms in total. The molecule has 0 aliphatic carbocycles. The van der Waals surface area contributed by atoms with Gasteiger partial charge in [0.2, 0.25) is 5.91 Å². The molecule has 1 aromatic heterocycles. The summed E-state index contributed by atoms with van der Waals surface area (Å²) in [5, 5.41) is 9.52. The second-order valence-corrected chi connectivity index (χ2v) is 5.99. The summed E-state index contributed by atoms with van der Waals surface area (Å²) in [6.07, 6.45) is 0. The zero-order valence-corrected chi connectivity index (χ0v) is 14.7. The fourth-order valence-electron chi connectivity index (χ4n) is 2.31. The first-order valence-electron chi connectivity index (χ1n) is 7.90. The van der Waals surface area contributed by atoms with E-state index in [-0.39, 0.29) is 18.1 Å². The van der Waals surface area contributed by atoms with Crippen LogP contribution in [0, 0.1) is 6.92 Å². The van der Waals surface area contributed by atoms with Gasteiger partial charge >= 0.3 is 0 Å². The maximum atomic E-state index is 12.1. The quantitative estimate of drug-likeness (QED) is 0.718. The van der Waals surface area contributed by atoms with Crippen LogP contribution in [-0.2, 0) is 4.79 Å². The predicted molar refractivity (Wildman–Crippen MR) is 99.1 cm³/mol. The predicted octanol–water partition coefficient (Wildman–Crippen LogP) is 3.67. The second kappa shape index (κ2) is 7.84. The number of aromatic nitrogens is 1. The van der Waals surface area contributed by atoms with Gasteiger partial charge in [0, 0.05) is 22.3 Å². The lowest BCUT2D eigenvalue weighted by atomic mass is 10.1. The van der Waals surface area contributed by atoms with Crippen molar-refractivity contribution in [3.63, 3.8) is 0 Å². The van der Waals surface area contributed by atoms with Gasteiger partial charge < -0.3 is 15.2 Å². The Labute approximate surface area is 155 Å². The Balaban J connectivity index is 1.58. The third-order valence-electron chi connectivity index (χ3n) is 3.75. The molecule has 26 heavy (non-hydrogen) atoms. The average Bonchev–Trinajstić information content (AvgIpc) is 3.14. The topological polar surface area (TPSA) is 84.2 Å². The molecule has 1 heterocycles. The van der Waals surface area contributed by atoms with E-state index in [4.69, 9.17) is 16.1 Å². The molecule has 2 amide bonds. The zero-order chi connectivity index (χ0) is 18.5. The summed E-state index contributed by atoms with van der Waals surface area (Å²) in [4.78, 5) is 24.2. The van der Waals surface area contributed by atoms with Crippen LogP contribution in [-0.4, -0.2) is 23.5 Å². The Hall–Kier alpha value is -3.12. The van der Waals surface area contributed by atoms with Crippen molar-refractivity contribution in [3.05, 3.63) is 70.9 Å². The summed E-state index contributed by atoms with van der Waals surface area (Å²) < 4.78 is 5.18. The highest BCUT2D eigenvalue weighted by molar-refractivity contribution is 6.31. The van der Waals surface area contributed by atoms with Crippen molar-refractivity contribution in [2.24, 2.45) is 0 Å². The largest absolute Gasteiger partial charge is 0.355 e. The van der Waals surface area contributed by atoms with E-state index in [1.165, 1.54) is 6.07 Å². The van der Waals surface area contributed by atoms with Crippen LogP contribution in [0.3, 0.4) is 0 Å². The number of hydrogen-bond acceptors (Lipinski definition) is 4. The zero-order valence-electron chi connectivity index (χ0n) is 14.0. The van der Waals surface area contributed by atoms with Crippen molar-refractivity contribution in [3.8, 4) is 11.3 Å². The Bertz CT molecular complexity index is 938. The molecule has 0 spiro atoms. The molecule has 7 heteroatoms. The molecule has 0 aliphatic heterocycles. The van der Waals surface area contributed by atoms with E-state index in [0.29, 0.717) is 16.5 Å². The van der Waals surface area contributed by atoms with Gasteiger partial charge in [0.1, 0.15) is 0 Å². The van der Waals surface area contributed by atoms with Gasteiger partial charge in [-0.05, 0) is 24.6 Å². The number of nitrogens with one attached hydrogen (secondary N) is 2. The lowest BCUT2D eigenvalue weighted by molar-refractivity contribution is -0.115. The lowest BCUT2D eigenvalue weighted by Gasteiger charge is -2.09. The molecule has 2 aromatic carbocycles. The summed E-state index contributed by atoms with van der Waals surface area (Å²) in [6.45, 7) is 1.61. The Morgan fingerprint density at radius 2 is 1.88 bits per heavy atom. The van der Waals surface area contributed by atoms with Crippen LogP contribution < -0.4 is 10.6 Å². The van der Waals surface area contributed by atoms with Gasteiger partial charge in [0.25, 0.3) is 5.91 Å². The normalized spacial score (nSPS) is 10.4. The molecule has 3 aromatic rings. The van der Waals surface area contributed by atoms with Crippen LogP contribution in [0.5, 0.6) is 0 Å². The molecule has 3 rings (SSSR count). The monoisotopic (exact) mass is 369 g/mol. The number of hydrogen-bond donors (Lipinski definition) is 2. The maximum absolute atomic E-state index is 12.1. The number of benzene rings is 2. The first-order valence-corrected chi connectivity index (χ1v) is 8.27. The van der Waals surface area contributed by atoms with Crippen LogP contribution >= 0.6 is 11.6 Å². The number of amides is 2. The van der Waals surface area contributed by atoms with Gasteiger partial charge in [0.05, 0.1) is 6.54 Å². The lowest BCUT2D eigenvalue weighted by Crippen LogP contribution is -2.33. The Morgan fingerprint density at radius 3 is 2.65 bits per heavy atom. The van der Waals surface area contributed by atoms with Gasteiger partial charge in [-0.3, -0.25) is 9.59 Å². The molecule has 2 N–H and O–H groups in total. The highest BCUT2D eigenvalue weighted by Gasteiger charge is 2.15. The number of nitrogens with zero attached hydrogens (tertiary/aromatic N) is 1. The first kappa shape index (κ1) is 17.7. The van der Waals surface area contributed by atoms with Gasteiger partial charge in [-0.2, -0.15) is 0 Å². The van der Waals surface area contributed by atoms with Crippen molar-refractivity contribution in [2.75, 3.05) is 11.9 Å². The number of carbonyl (C=O) groups is 2. The van der Waals surface area contributed by atoms with Crippen LogP contribution in [0.15, 0.2) is 59.1 Å². The van der Waals surface area contributed by atoms with Crippen molar-refractivity contribution >= 4 is 29.1 Å². The molecular weight excluding hydrogens is 354 g/mol. The molecule has 0 aliphatic rings. The Morgan fingerprint density at radius 1 is 1.12 bits per heavy atom. The van der Waals surface area contributed by atoms with Gasteiger partial charge in [0.15, 0.2) is 11.5 Å². The molecule has 0 fully saturated rings. The highest BCUT2D eigenvalue weighted by Crippen LogP contribution is 2.23. The smallest absolute Gasteiger partial charge is 0.273 e. The summed E-state index contributed by atoms with van der Waals surface area (Å²) >= 11 is 6.02. The van der Waals surface area contributed by atoms with Gasteiger partial charge in [-0.1, -0.05) is 53.2 Å². The van der Waals surface area contributed by atoms with Crippen molar-refractivity contribution in [2.45, 2.75) is 6.92 Å². The fourth-order valence-corrected chi connectivity index (χ4v) is 2.48. The number of carbonyl (C=O) groups excluding carboxylic acids is 2. The van der Waals surface area contributed by atoms with Crippen molar-refractivity contribution in [1.29, 1.82) is 0 Å². The standard InChI is InChI=1S/C19H16ClN3O3/c1-12-14(20)8-5-9-15(12)22-18(24)11-21-19(25)16-10-17(26-23-16)13-6-3-2-4-7-13/h2-10H,11H2,1H3,(H,21,25)(H,22,24). The highest BCUT2D eigenvalue weighted by atomic mass is 35.5. The molecule has 0 atom stereocenters.